The van der Waals surface area contributed by atoms with Gasteiger partial charge in [-0.2, -0.15) is 13.2 Å². The lowest BCUT2D eigenvalue weighted by Crippen LogP contribution is -2.23. The summed E-state index contributed by atoms with van der Waals surface area (Å²) in [6, 6.07) is 7.40. The van der Waals surface area contributed by atoms with E-state index >= 15 is 0 Å². The van der Waals surface area contributed by atoms with Crippen molar-refractivity contribution in [1.82, 2.24) is 0 Å². The molecule has 0 amide bonds. The van der Waals surface area contributed by atoms with Crippen LogP contribution in [0.25, 0.3) is 5.83 Å². The predicted octanol–water partition coefficient (Wildman–Crippen LogP) is 9.60. The van der Waals surface area contributed by atoms with Gasteiger partial charge in [-0.3, -0.25) is 0 Å². The summed E-state index contributed by atoms with van der Waals surface area (Å²) in [5.74, 6) is -6.26. The Morgan fingerprint density at radius 1 is 0.935 bits per heavy atom. The molecule has 1 atom stereocenters. The van der Waals surface area contributed by atoms with E-state index in [0.29, 0.717) is 11.6 Å². The summed E-state index contributed by atoms with van der Waals surface area (Å²) in [5.41, 5.74) is 0.192. The van der Waals surface area contributed by atoms with Gasteiger partial charge in [-0.15, -0.1) is 0 Å². The zero-order chi connectivity index (χ0) is 23.0. The number of halogens is 9. The second-order valence-corrected chi connectivity index (χ2v) is 8.80. The summed E-state index contributed by atoms with van der Waals surface area (Å²) in [7, 11) is 0. The molecule has 0 aliphatic heterocycles. The Kier molecular flexibility index (Phi) is 7.24. The molecule has 31 heavy (non-hydrogen) atoms. The minimum atomic E-state index is -4.77. The molecular weight excluding hydrogens is 485 g/mol. The molecule has 0 bridgehead atoms. The van der Waals surface area contributed by atoms with Crippen LogP contribution in [0.2, 0.25) is 15.1 Å². The van der Waals surface area contributed by atoms with Crippen LogP contribution in [0.15, 0.2) is 42.5 Å². The zero-order valence-corrected chi connectivity index (χ0v) is 18.2. The Bertz CT molecular complexity index is 974. The molecule has 0 saturated heterocycles. The molecule has 0 aromatic heterocycles. The molecule has 0 spiro atoms. The van der Waals surface area contributed by atoms with Crippen molar-refractivity contribution in [3.05, 3.63) is 74.2 Å². The van der Waals surface area contributed by atoms with Gasteiger partial charge in [-0.05, 0) is 54.2 Å². The molecule has 1 unspecified atom stereocenters. The maximum absolute atomic E-state index is 14.8. The summed E-state index contributed by atoms with van der Waals surface area (Å²) in [5, 5.41) is 0.140. The minimum absolute atomic E-state index is 0.0762. The lowest BCUT2D eigenvalue weighted by molar-refractivity contribution is -0.139. The largest absolute Gasteiger partial charge is 0.399 e. The van der Waals surface area contributed by atoms with Crippen LogP contribution in [-0.4, -0.2) is 12.1 Å². The van der Waals surface area contributed by atoms with E-state index in [-0.39, 0.29) is 57.8 Å². The lowest BCUT2D eigenvalue weighted by Gasteiger charge is -2.29. The molecule has 0 heterocycles. The van der Waals surface area contributed by atoms with Gasteiger partial charge in [-0.1, -0.05) is 53.0 Å². The van der Waals surface area contributed by atoms with Gasteiger partial charge in [-0.25, -0.2) is 13.2 Å². The highest BCUT2D eigenvalue weighted by molar-refractivity contribution is 6.42. The van der Waals surface area contributed by atoms with Crippen LogP contribution >= 0.6 is 34.8 Å². The topological polar surface area (TPSA) is 0 Å². The van der Waals surface area contributed by atoms with Crippen LogP contribution in [0, 0.1) is 0 Å². The second kappa shape index (κ2) is 9.24. The monoisotopic (exact) mass is 500 g/mol. The highest BCUT2D eigenvalue weighted by atomic mass is 35.5. The van der Waals surface area contributed by atoms with Crippen molar-refractivity contribution < 1.29 is 26.3 Å². The maximum atomic E-state index is 14.8. The van der Waals surface area contributed by atoms with E-state index in [4.69, 9.17) is 34.8 Å². The van der Waals surface area contributed by atoms with Gasteiger partial charge in [0.15, 0.2) is 0 Å². The lowest BCUT2D eigenvalue weighted by atomic mass is 9.82. The fraction of sp³-hybridized carbons (Fsp3) is 0.364. The third-order valence-electron chi connectivity index (χ3n) is 5.40. The highest BCUT2D eigenvalue weighted by Gasteiger charge is 2.40. The fourth-order valence-corrected chi connectivity index (χ4v) is 4.33. The van der Waals surface area contributed by atoms with Crippen molar-refractivity contribution in [3.8, 4) is 0 Å². The molecule has 2 aromatic rings. The molecule has 9 heteroatoms. The van der Waals surface area contributed by atoms with Gasteiger partial charge in [0, 0.05) is 23.4 Å². The van der Waals surface area contributed by atoms with Crippen molar-refractivity contribution in [3.63, 3.8) is 0 Å². The summed E-state index contributed by atoms with van der Waals surface area (Å²) in [6.45, 7) is 0. The van der Waals surface area contributed by atoms with Crippen molar-refractivity contribution in [2.24, 2.45) is 0 Å². The minimum Gasteiger partial charge on any atom is -0.207 e. The number of alkyl halides is 5. The van der Waals surface area contributed by atoms with Crippen LogP contribution in [-0.2, 0) is 0 Å². The molecule has 0 radical (unpaired) electrons. The zero-order valence-electron chi connectivity index (χ0n) is 15.9. The Labute approximate surface area is 190 Å². The molecule has 3 rings (SSSR count). The first-order valence-electron chi connectivity index (χ1n) is 9.44. The number of rotatable bonds is 4. The van der Waals surface area contributed by atoms with Crippen molar-refractivity contribution >= 4 is 40.6 Å². The maximum Gasteiger partial charge on any atom is 0.399 e. The fourth-order valence-electron chi connectivity index (χ4n) is 3.69. The van der Waals surface area contributed by atoms with E-state index in [1.165, 1.54) is 24.3 Å². The molecule has 1 fully saturated rings. The summed E-state index contributed by atoms with van der Waals surface area (Å²) >= 11 is 17.8. The van der Waals surface area contributed by atoms with Crippen LogP contribution in [0.5, 0.6) is 0 Å². The number of allylic oxidation sites excluding steroid dienone is 1. The van der Waals surface area contributed by atoms with Crippen molar-refractivity contribution in [1.29, 1.82) is 0 Å². The van der Waals surface area contributed by atoms with Crippen molar-refractivity contribution in [2.75, 3.05) is 0 Å². The Morgan fingerprint density at radius 3 is 2.13 bits per heavy atom. The number of hydrogen-bond acceptors (Lipinski definition) is 0. The van der Waals surface area contributed by atoms with Gasteiger partial charge >= 0.3 is 6.18 Å². The van der Waals surface area contributed by atoms with Crippen LogP contribution in [0.1, 0.15) is 54.2 Å². The standard InChI is InChI=1S/C22H17Cl3F6/c23-17-4-2-13(9-19(17)25)16(22(29,30)31)11-20(26)14-1-3-15(18(24)10-14)12-5-7-21(27,28)8-6-12/h1-4,9-12,16H,5-8H2/b20-11-. The third-order valence-corrected chi connectivity index (χ3v) is 6.47. The van der Waals surface area contributed by atoms with Gasteiger partial charge < -0.3 is 0 Å². The Hall–Kier alpha value is -1.37. The Balaban J connectivity index is 1.88. The summed E-state index contributed by atoms with van der Waals surface area (Å²) in [4.78, 5) is 0. The molecule has 0 N–H and O–H groups in total. The third kappa shape index (κ3) is 5.91. The van der Waals surface area contributed by atoms with Gasteiger partial charge in [0.1, 0.15) is 11.7 Å². The van der Waals surface area contributed by atoms with Crippen molar-refractivity contribution in [2.45, 2.75) is 49.6 Å². The van der Waals surface area contributed by atoms with Crippen LogP contribution < -0.4 is 0 Å². The van der Waals surface area contributed by atoms with E-state index in [0.717, 1.165) is 12.1 Å². The molecule has 2 aromatic carbocycles. The SMILES string of the molecule is F/C(=C\C(c1ccc(Cl)c(Cl)c1)C(F)(F)F)c1ccc(C2CCC(F)(F)CC2)c(Cl)c1. The summed E-state index contributed by atoms with van der Waals surface area (Å²) < 4.78 is 82.3. The van der Waals surface area contributed by atoms with Crippen LogP contribution in [0.3, 0.4) is 0 Å². The average molecular weight is 502 g/mol. The first-order chi connectivity index (χ1) is 14.4. The van der Waals surface area contributed by atoms with E-state index < -0.39 is 23.8 Å². The molecule has 1 aliphatic rings. The van der Waals surface area contributed by atoms with Crippen LogP contribution in [0.4, 0.5) is 26.3 Å². The van der Waals surface area contributed by atoms with E-state index in [1.54, 1.807) is 0 Å². The first kappa shape index (κ1) is 24.3. The second-order valence-electron chi connectivity index (χ2n) is 7.57. The quantitative estimate of drug-likeness (QED) is 0.366. The Morgan fingerprint density at radius 2 is 1.58 bits per heavy atom. The van der Waals surface area contributed by atoms with Gasteiger partial charge in [0.25, 0.3) is 0 Å². The molecule has 1 saturated carbocycles. The molecule has 1 aliphatic carbocycles. The molecule has 168 valence electrons. The van der Waals surface area contributed by atoms with E-state index in [1.807, 2.05) is 0 Å². The average Bonchev–Trinajstić information content (AvgIpc) is 2.67. The van der Waals surface area contributed by atoms with E-state index in [9.17, 15) is 26.3 Å². The number of benzene rings is 2. The first-order valence-corrected chi connectivity index (χ1v) is 10.6. The van der Waals surface area contributed by atoms with Gasteiger partial charge in [0.2, 0.25) is 5.92 Å². The number of hydrogen-bond donors (Lipinski definition) is 0. The van der Waals surface area contributed by atoms with E-state index in [2.05, 4.69) is 0 Å². The molecular formula is C22H17Cl3F6. The summed E-state index contributed by atoms with van der Waals surface area (Å²) in [6.07, 6.45) is -4.38. The normalized spacial score (nSPS) is 18.8. The molecule has 0 nitrogen and oxygen atoms in total. The predicted molar refractivity (Wildman–Crippen MR) is 112 cm³/mol. The highest BCUT2D eigenvalue weighted by Crippen LogP contribution is 2.44. The smallest absolute Gasteiger partial charge is 0.207 e. The van der Waals surface area contributed by atoms with Gasteiger partial charge in [0.05, 0.1) is 10.0 Å².